The minimum absolute atomic E-state index is 0.490. The first-order valence-electron chi connectivity index (χ1n) is 4.03. The third-order valence-corrected chi connectivity index (χ3v) is 2.19. The number of rotatable bonds is 1. The maximum absolute atomic E-state index is 5.87. The van der Waals surface area contributed by atoms with Crippen LogP contribution in [0.25, 0.3) is 5.69 Å². The fourth-order valence-corrected chi connectivity index (χ4v) is 1.39. The molecule has 0 bridgehead atoms. The van der Waals surface area contributed by atoms with Gasteiger partial charge in [0.05, 0.1) is 0 Å². The number of benzene rings is 1. The summed E-state index contributed by atoms with van der Waals surface area (Å²) in [5.74, 6) is 0. The smallest absolute Gasteiger partial charge is 0.207 e. The molecule has 66 valence electrons. The number of aromatic nitrogens is 2. The topological polar surface area (TPSA) is 17.8 Å². The van der Waals surface area contributed by atoms with Gasteiger partial charge in [-0.3, -0.25) is 4.57 Å². The van der Waals surface area contributed by atoms with Crippen molar-refractivity contribution in [3.8, 4) is 5.69 Å². The van der Waals surface area contributed by atoms with E-state index in [4.69, 9.17) is 11.6 Å². The first kappa shape index (κ1) is 8.32. The summed E-state index contributed by atoms with van der Waals surface area (Å²) in [6.07, 6.45) is 3.52. The van der Waals surface area contributed by atoms with Crippen LogP contribution in [0.3, 0.4) is 0 Å². The van der Waals surface area contributed by atoms with Crippen molar-refractivity contribution in [2.24, 2.45) is 0 Å². The molecule has 0 saturated heterocycles. The lowest BCUT2D eigenvalue weighted by Gasteiger charge is -2.03. The Labute approximate surface area is 81.8 Å². The number of nitrogens with zero attached hydrogens (tertiary/aromatic N) is 2. The van der Waals surface area contributed by atoms with Gasteiger partial charge in [-0.05, 0) is 30.7 Å². The maximum Gasteiger partial charge on any atom is 0.207 e. The lowest BCUT2D eigenvalue weighted by Crippen LogP contribution is -1.91. The quantitative estimate of drug-likeness (QED) is 0.680. The Hall–Kier alpha value is -1.28. The van der Waals surface area contributed by atoms with Gasteiger partial charge in [-0.15, -0.1) is 0 Å². The second kappa shape index (κ2) is 3.23. The van der Waals surface area contributed by atoms with Crippen LogP contribution >= 0.6 is 11.6 Å². The van der Waals surface area contributed by atoms with Crippen LogP contribution in [0.2, 0.25) is 5.28 Å². The highest BCUT2D eigenvalue weighted by atomic mass is 35.5. The minimum atomic E-state index is 0.490. The molecule has 0 unspecified atom stereocenters. The molecule has 2 aromatic rings. The molecule has 0 aliphatic heterocycles. The van der Waals surface area contributed by atoms with Crippen molar-refractivity contribution in [1.82, 2.24) is 9.55 Å². The Morgan fingerprint density at radius 2 is 1.92 bits per heavy atom. The second-order valence-electron chi connectivity index (χ2n) is 2.90. The Morgan fingerprint density at radius 1 is 1.23 bits per heavy atom. The molecular weight excluding hydrogens is 184 g/mol. The molecule has 13 heavy (non-hydrogen) atoms. The molecular formula is C10H9ClN2. The van der Waals surface area contributed by atoms with Gasteiger partial charge < -0.3 is 0 Å². The number of halogens is 1. The van der Waals surface area contributed by atoms with Crippen LogP contribution in [0, 0.1) is 6.92 Å². The molecule has 2 nitrogen and oxygen atoms in total. The second-order valence-corrected chi connectivity index (χ2v) is 3.24. The fraction of sp³-hybridized carbons (Fsp3) is 0.100. The molecule has 0 saturated carbocycles. The van der Waals surface area contributed by atoms with Crippen molar-refractivity contribution in [2.75, 3.05) is 0 Å². The molecule has 1 aromatic heterocycles. The fourth-order valence-electron chi connectivity index (χ4n) is 1.18. The lowest BCUT2D eigenvalue weighted by atomic mass is 10.2. The van der Waals surface area contributed by atoms with Crippen LogP contribution in [0.4, 0.5) is 0 Å². The number of aryl methyl sites for hydroxylation is 1. The monoisotopic (exact) mass is 192 g/mol. The van der Waals surface area contributed by atoms with E-state index in [0.717, 1.165) is 5.69 Å². The highest BCUT2D eigenvalue weighted by Gasteiger charge is 2.00. The maximum atomic E-state index is 5.87. The summed E-state index contributed by atoms with van der Waals surface area (Å²) in [6, 6.07) is 8.13. The Kier molecular flexibility index (Phi) is 2.07. The zero-order valence-electron chi connectivity index (χ0n) is 7.24. The van der Waals surface area contributed by atoms with E-state index in [2.05, 4.69) is 11.9 Å². The Balaban J connectivity index is 2.47. The molecule has 0 aliphatic rings. The van der Waals surface area contributed by atoms with E-state index >= 15 is 0 Å². The van der Waals surface area contributed by atoms with Gasteiger partial charge in [-0.25, -0.2) is 4.98 Å². The Morgan fingerprint density at radius 3 is 2.46 bits per heavy atom. The third kappa shape index (κ3) is 1.58. The zero-order valence-corrected chi connectivity index (χ0v) is 7.99. The van der Waals surface area contributed by atoms with Crippen molar-refractivity contribution < 1.29 is 0 Å². The molecule has 0 spiro atoms. The van der Waals surface area contributed by atoms with Crippen LogP contribution in [0.1, 0.15) is 5.56 Å². The summed E-state index contributed by atoms with van der Waals surface area (Å²) in [4.78, 5) is 3.94. The summed E-state index contributed by atoms with van der Waals surface area (Å²) in [7, 11) is 0. The number of imidazole rings is 1. The zero-order chi connectivity index (χ0) is 9.26. The molecule has 0 radical (unpaired) electrons. The van der Waals surface area contributed by atoms with Crippen molar-refractivity contribution in [3.63, 3.8) is 0 Å². The van der Waals surface area contributed by atoms with Gasteiger partial charge in [0.15, 0.2) is 0 Å². The van der Waals surface area contributed by atoms with Gasteiger partial charge in [0.1, 0.15) is 0 Å². The highest BCUT2D eigenvalue weighted by molar-refractivity contribution is 6.28. The van der Waals surface area contributed by atoms with Crippen molar-refractivity contribution in [3.05, 3.63) is 47.5 Å². The van der Waals surface area contributed by atoms with Gasteiger partial charge in [-0.1, -0.05) is 17.7 Å². The van der Waals surface area contributed by atoms with Crippen LogP contribution in [0.15, 0.2) is 36.7 Å². The average Bonchev–Trinajstić information content (AvgIpc) is 2.53. The van der Waals surface area contributed by atoms with Crippen molar-refractivity contribution >= 4 is 11.6 Å². The molecule has 2 rings (SSSR count). The predicted octanol–water partition coefficient (Wildman–Crippen LogP) is 2.83. The van der Waals surface area contributed by atoms with Crippen LogP contribution < -0.4 is 0 Å². The molecule has 0 fully saturated rings. The molecule has 0 aliphatic carbocycles. The van der Waals surface area contributed by atoms with E-state index in [9.17, 15) is 0 Å². The van der Waals surface area contributed by atoms with Gasteiger partial charge in [0.25, 0.3) is 0 Å². The SMILES string of the molecule is Cc1ccc(-n2ccnc2Cl)cc1. The van der Waals surface area contributed by atoms with Gasteiger partial charge in [-0.2, -0.15) is 0 Å². The van der Waals surface area contributed by atoms with Crippen LogP contribution in [-0.4, -0.2) is 9.55 Å². The standard InChI is InChI=1S/C10H9ClN2/c1-8-2-4-9(5-3-8)13-7-6-12-10(13)11/h2-7H,1H3. The first-order valence-corrected chi connectivity index (χ1v) is 4.41. The van der Waals surface area contributed by atoms with Crippen molar-refractivity contribution in [2.45, 2.75) is 6.92 Å². The van der Waals surface area contributed by atoms with Crippen molar-refractivity contribution in [1.29, 1.82) is 0 Å². The third-order valence-electron chi connectivity index (χ3n) is 1.91. The molecule has 0 amide bonds. The molecule has 1 heterocycles. The summed E-state index contributed by atoms with van der Waals surface area (Å²) >= 11 is 5.87. The normalized spacial score (nSPS) is 10.3. The first-order chi connectivity index (χ1) is 6.27. The lowest BCUT2D eigenvalue weighted by molar-refractivity contribution is 1.06. The molecule has 1 aromatic carbocycles. The summed E-state index contributed by atoms with van der Waals surface area (Å²) < 4.78 is 1.83. The molecule has 0 N–H and O–H groups in total. The van der Waals surface area contributed by atoms with E-state index in [1.165, 1.54) is 5.56 Å². The minimum Gasteiger partial charge on any atom is -0.291 e. The van der Waals surface area contributed by atoms with E-state index in [1.54, 1.807) is 6.20 Å². The van der Waals surface area contributed by atoms with Crippen LogP contribution in [0.5, 0.6) is 0 Å². The van der Waals surface area contributed by atoms with Gasteiger partial charge in [0, 0.05) is 18.1 Å². The molecule has 0 atom stereocenters. The summed E-state index contributed by atoms with van der Waals surface area (Å²) in [5.41, 5.74) is 2.27. The highest BCUT2D eigenvalue weighted by Crippen LogP contribution is 2.14. The summed E-state index contributed by atoms with van der Waals surface area (Å²) in [5, 5.41) is 0.490. The van der Waals surface area contributed by atoms with E-state index in [0.29, 0.717) is 5.28 Å². The Bertz CT molecular complexity index is 403. The van der Waals surface area contributed by atoms with Crippen LogP contribution in [-0.2, 0) is 0 Å². The van der Waals surface area contributed by atoms with E-state index in [-0.39, 0.29) is 0 Å². The predicted molar refractivity (Wildman–Crippen MR) is 53.3 cm³/mol. The number of hydrogen-bond donors (Lipinski definition) is 0. The number of hydrogen-bond acceptors (Lipinski definition) is 1. The molecule has 3 heteroatoms. The average molecular weight is 193 g/mol. The van der Waals surface area contributed by atoms with Gasteiger partial charge >= 0.3 is 0 Å². The van der Waals surface area contributed by atoms with Gasteiger partial charge in [0.2, 0.25) is 5.28 Å². The largest absolute Gasteiger partial charge is 0.291 e. The van der Waals surface area contributed by atoms with E-state index in [1.807, 2.05) is 35.0 Å². The summed E-state index contributed by atoms with van der Waals surface area (Å²) in [6.45, 7) is 2.05. The van der Waals surface area contributed by atoms with E-state index < -0.39 is 0 Å².